The first-order chi connectivity index (χ1) is 11.3. The highest BCUT2D eigenvalue weighted by molar-refractivity contribution is 7.07. The molecule has 0 spiro atoms. The van der Waals surface area contributed by atoms with Crippen LogP contribution in [0.2, 0.25) is 0 Å². The molecule has 0 bridgehead atoms. The van der Waals surface area contributed by atoms with E-state index in [-0.39, 0.29) is 12.3 Å². The number of aliphatic imine (C=N–C) groups is 1. The average Bonchev–Trinajstić information content (AvgIpc) is 3.05. The Hall–Kier alpha value is -2.22. The molecule has 0 aliphatic rings. The quantitative estimate of drug-likeness (QED) is 0.610. The third kappa shape index (κ3) is 6.11. The summed E-state index contributed by atoms with van der Waals surface area (Å²) < 4.78 is 40.0. The molecule has 8 heteroatoms. The van der Waals surface area contributed by atoms with E-state index in [1.54, 1.807) is 11.3 Å². The fourth-order valence-electron chi connectivity index (χ4n) is 1.96. The number of ether oxygens (including phenoxy) is 1. The third-order valence-electron chi connectivity index (χ3n) is 3.29. The van der Waals surface area contributed by atoms with Gasteiger partial charge in [0.15, 0.2) is 5.96 Å². The summed E-state index contributed by atoms with van der Waals surface area (Å²) in [5.41, 5.74) is 7.78. The monoisotopic (exact) mass is 357 g/mol. The summed E-state index contributed by atoms with van der Waals surface area (Å²) in [5.74, 6) is 0.349. The summed E-state index contributed by atoms with van der Waals surface area (Å²) in [7, 11) is 0. The van der Waals surface area contributed by atoms with Crippen molar-refractivity contribution in [3.63, 3.8) is 0 Å². The van der Waals surface area contributed by atoms with Crippen molar-refractivity contribution in [1.29, 1.82) is 0 Å². The summed E-state index contributed by atoms with van der Waals surface area (Å²) in [6.45, 7) is 3.02. The number of thiophene rings is 1. The lowest BCUT2D eigenvalue weighted by molar-refractivity contribution is -0.274. The van der Waals surface area contributed by atoms with E-state index in [1.165, 1.54) is 29.8 Å². The van der Waals surface area contributed by atoms with E-state index in [9.17, 15) is 13.2 Å². The van der Waals surface area contributed by atoms with Crippen molar-refractivity contribution in [2.45, 2.75) is 25.7 Å². The molecule has 0 saturated heterocycles. The fraction of sp³-hybridized carbons (Fsp3) is 0.312. The summed E-state index contributed by atoms with van der Waals surface area (Å²) in [6.07, 6.45) is -4.69. The Balaban J connectivity index is 1.81. The number of alkyl halides is 3. The van der Waals surface area contributed by atoms with Crippen molar-refractivity contribution in [3.8, 4) is 5.75 Å². The first-order valence-electron chi connectivity index (χ1n) is 7.24. The number of rotatable bonds is 6. The van der Waals surface area contributed by atoms with Gasteiger partial charge in [0.1, 0.15) is 5.75 Å². The first kappa shape index (κ1) is 18.1. The van der Waals surface area contributed by atoms with Crippen LogP contribution in [0.15, 0.2) is 46.1 Å². The van der Waals surface area contributed by atoms with Gasteiger partial charge in [0.05, 0.1) is 6.54 Å². The van der Waals surface area contributed by atoms with Gasteiger partial charge in [-0.1, -0.05) is 19.1 Å². The molecule has 1 aromatic heterocycles. The molecule has 1 atom stereocenters. The van der Waals surface area contributed by atoms with E-state index >= 15 is 0 Å². The van der Waals surface area contributed by atoms with E-state index in [0.29, 0.717) is 18.4 Å². The van der Waals surface area contributed by atoms with Crippen LogP contribution in [0.5, 0.6) is 5.75 Å². The number of benzene rings is 1. The number of nitrogens with zero attached hydrogens (tertiary/aromatic N) is 1. The van der Waals surface area contributed by atoms with Gasteiger partial charge >= 0.3 is 6.36 Å². The molecular formula is C16H18F3N3OS. The Kier molecular flexibility index (Phi) is 6.08. The largest absolute Gasteiger partial charge is 0.573 e. The molecule has 1 heterocycles. The van der Waals surface area contributed by atoms with Gasteiger partial charge in [0.2, 0.25) is 0 Å². The second-order valence-electron chi connectivity index (χ2n) is 5.23. The average molecular weight is 357 g/mol. The fourth-order valence-corrected chi connectivity index (χ4v) is 2.74. The van der Waals surface area contributed by atoms with Gasteiger partial charge in [-0.05, 0) is 46.0 Å². The standard InChI is InChI=1S/C16H18F3N3OS/c1-11(13-6-7-24-10-13)8-21-15(20)22-9-12-2-4-14(5-3-12)23-16(17,18)19/h2-7,10-11H,8-9H2,1H3,(H3,20,21,22). The molecule has 24 heavy (non-hydrogen) atoms. The van der Waals surface area contributed by atoms with Gasteiger partial charge in [-0.15, -0.1) is 13.2 Å². The number of hydrogen-bond donors (Lipinski definition) is 2. The molecule has 130 valence electrons. The van der Waals surface area contributed by atoms with E-state index in [2.05, 4.69) is 33.4 Å². The van der Waals surface area contributed by atoms with E-state index in [1.807, 2.05) is 5.38 Å². The molecule has 0 aliphatic heterocycles. The van der Waals surface area contributed by atoms with E-state index < -0.39 is 6.36 Å². The van der Waals surface area contributed by atoms with Crippen molar-refractivity contribution in [1.82, 2.24) is 5.32 Å². The van der Waals surface area contributed by atoms with Gasteiger partial charge in [0.25, 0.3) is 0 Å². The lowest BCUT2D eigenvalue weighted by Crippen LogP contribution is -2.34. The summed E-state index contributed by atoms with van der Waals surface area (Å²) >= 11 is 1.64. The van der Waals surface area contributed by atoms with Crippen LogP contribution in [0, 0.1) is 0 Å². The summed E-state index contributed by atoms with van der Waals surface area (Å²) in [5, 5.41) is 7.15. The lowest BCUT2D eigenvalue weighted by Gasteiger charge is -2.12. The summed E-state index contributed by atoms with van der Waals surface area (Å²) in [4.78, 5) is 4.17. The maximum atomic E-state index is 12.1. The van der Waals surface area contributed by atoms with Gasteiger partial charge in [-0.2, -0.15) is 11.3 Å². The van der Waals surface area contributed by atoms with Crippen LogP contribution in [0.3, 0.4) is 0 Å². The second kappa shape index (κ2) is 8.05. The predicted octanol–water partition coefficient (Wildman–Crippen LogP) is 3.85. The van der Waals surface area contributed by atoms with Crippen molar-refractivity contribution in [2.24, 2.45) is 10.7 Å². The predicted molar refractivity (Wildman–Crippen MR) is 89.2 cm³/mol. The van der Waals surface area contributed by atoms with E-state index in [4.69, 9.17) is 5.73 Å². The molecule has 0 aliphatic carbocycles. The van der Waals surface area contributed by atoms with Crippen LogP contribution in [-0.4, -0.2) is 18.9 Å². The minimum atomic E-state index is -4.69. The highest BCUT2D eigenvalue weighted by Crippen LogP contribution is 2.22. The maximum Gasteiger partial charge on any atom is 0.573 e. The van der Waals surface area contributed by atoms with Gasteiger partial charge in [0, 0.05) is 6.54 Å². The number of hydrogen-bond acceptors (Lipinski definition) is 3. The van der Waals surface area contributed by atoms with Gasteiger partial charge < -0.3 is 15.8 Å². The molecule has 2 aromatic rings. The smallest absolute Gasteiger partial charge is 0.406 e. The molecule has 1 aromatic carbocycles. The van der Waals surface area contributed by atoms with Crippen molar-refractivity contribution in [3.05, 3.63) is 52.2 Å². The Morgan fingerprint density at radius 3 is 2.58 bits per heavy atom. The van der Waals surface area contributed by atoms with Crippen molar-refractivity contribution in [2.75, 3.05) is 6.54 Å². The molecule has 3 N–H and O–H groups in total. The van der Waals surface area contributed by atoms with Crippen LogP contribution < -0.4 is 15.8 Å². The first-order valence-corrected chi connectivity index (χ1v) is 8.18. The number of halogens is 3. The van der Waals surface area contributed by atoms with Gasteiger partial charge in [-0.3, -0.25) is 0 Å². The molecule has 0 radical (unpaired) electrons. The molecule has 0 fully saturated rings. The van der Waals surface area contributed by atoms with Crippen molar-refractivity contribution >= 4 is 17.3 Å². The minimum Gasteiger partial charge on any atom is -0.406 e. The van der Waals surface area contributed by atoms with E-state index in [0.717, 1.165) is 5.56 Å². The van der Waals surface area contributed by atoms with Crippen LogP contribution in [0.1, 0.15) is 24.0 Å². The Morgan fingerprint density at radius 1 is 1.29 bits per heavy atom. The zero-order chi connectivity index (χ0) is 17.6. The third-order valence-corrected chi connectivity index (χ3v) is 3.99. The summed E-state index contributed by atoms with van der Waals surface area (Å²) in [6, 6.07) is 7.60. The topological polar surface area (TPSA) is 59.6 Å². The molecule has 4 nitrogen and oxygen atoms in total. The van der Waals surface area contributed by atoms with Gasteiger partial charge in [-0.25, -0.2) is 4.99 Å². The molecular weight excluding hydrogens is 339 g/mol. The SMILES string of the molecule is CC(CNC(N)=NCc1ccc(OC(F)(F)F)cc1)c1ccsc1. The highest BCUT2D eigenvalue weighted by Gasteiger charge is 2.30. The molecule has 1 unspecified atom stereocenters. The van der Waals surface area contributed by atoms with Crippen molar-refractivity contribution < 1.29 is 17.9 Å². The number of nitrogens with two attached hydrogens (primary N) is 1. The van der Waals surface area contributed by atoms with Crippen LogP contribution in [0.25, 0.3) is 0 Å². The maximum absolute atomic E-state index is 12.1. The lowest BCUT2D eigenvalue weighted by atomic mass is 10.1. The zero-order valence-corrected chi connectivity index (χ0v) is 13.8. The zero-order valence-electron chi connectivity index (χ0n) is 13.0. The number of guanidine groups is 1. The number of nitrogens with one attached hydrogen (secondary N) is 1. The van der Waals surface area contributed by atoms with Crippen LogP contribution >= 0.6 is 11.3 Å². The van der Waals surface area contributed by atoms with Crippen LogP contribution in [0.4, 0.5) is 13.2 Å². The van der Waals surface area contributed by atoms with Crippen LogP contribution in [-0.2, 0) is 6.54 Å². The molecule has 2 rings (SSSR count). The Morgan fingerprint density at radius 2 is 2.00 bits per heavy atom. The Bertz CT molecular complexity index is 654. The minimum absolute atomic E-state index is 0.258. The Labute approximate surface area is 142 Å². The molecule has 0 amide bonds. The highest BCUT2D eigenvalue weighted by atomic mass is 32.1. The molecule has 0 saturated carbocycles. The second-order valence-corrected chi connectivity index (χ2v) is 6.01. The normalized spacial score (nSPS) is 13.6.